The zero-order valence-corrected chi connectivity index (χ0v) is 14.8. The monoisotopic (exact) mass is 304 g/mol. The van der Waals surface area contributed by atoms with Gasteiger partial charge in [-0.1, -0.05) is 39.0 Å². The minimum atomic E-state index is 0.593. The number of nitrogens with zero attached hydrogens (tertiary/aromatic N) is 1. The molecular formula is C18H28N2S. The number of hydrogen-bond acceptors (Lipinski definition) is 3. The smallest absolute Gasteiger partial charge is 0.0349 e. The maximum Gasteiger partial charge on any atom is 0.0349 e. The summed E-state index contributed by atoms with van der Waals surface area (Å²) in [5.74, 6) is 0.678. The lowest BCUT2D eigenvalue weighted by Crippen LogP contribution is -2.33. The Labute approximate surface area is 133 Å². The van der Waals surface area contributed by atoms with Gasteiger partial charge in [0.2, 0.25) is 0 Å². The fourth-order valence-corrected chi connectivity index (χ4v) is 3.79. The summed E-state index contributed by atoms with van der Waals surface area (Å²) in [6, 6.07) is 9.40. The highest BCUT2D eigenvalue weighted by molar-refractivity contribution is 7.19. The van der Waals surface area contributed by atoms with E-state index < -0.39 is 0 Å². The maximum absolute atomic E-state index is 3.48. The number of fused-ring (bicyclic) bond motifs is 1. The molecule has 0 radical (unpaired) electrons. The Hall–Kier alpha value is -0.900. The minimum Gasteiger partial charge on any atom is -0.312 e. The zero-order chi connectivity index (χ0) is 15.4. The summed E-state index contributed by atoms with van der Waals surface area (Å²) in [5, 5.41) is 4.91. The van der Waals surface area contributed by atoms with Crippen molar-refractivity contribution in [3.63, 3.8) is 0 Å². The molecule has 0 aliphatic heterocycles. The number of rotatable bonds is 7. The van der Waals surface area contributed by atoms with E-state index in [2.05, 4.69) is 69.2 Å². The highest BCUT2D eigenvalue weighted by Crippen LogP contribution is 2.32. The van der Waals surface area contributed by atoms with Crippen molar-refractivity contribution in [2.75, 3.05) is 13.6 Å². The predicted octanol–water partition coefficient (Wildman–Crippen LogP) is 4.49. The molecule has 1 heterocycles. The summed E-state index contributed by atoms with van der Waals surface area (Å²) in [6.07, 6.45) is 0. The van der Waals surface area contributed by atoms with Crippen LogP contribution in [-0.4, -0.2) is 24.5 Å². The molecule has 2 nitrogen and oxygen atoms in total. The third-order valence-electron chi connectivity index (χ3n) is 4.39. The van der Waals surface area contributed by atoms with E-state index >= 15 is 0 Å². The van der Waals surface area contributed by atoms with Crippen LogP contribution in [0.1, 0.15) is 38.1 Å². The zero-order valence-electron chi connectivity index (χ0n) is 13.9. The molecule has 3 heteroatoms. The molecule has 2 aromatic rings. The molecule has 1 aromatic carbocycles. The van der Waals surface area contributed by atoms with Crippen molar-refractivity contribution >= 4 is 21.4 Å². The molecule has 0 amide bonds. The van der Waals surface area contributed by atoms with E-state index in [9.17, 15) is 0 Å². The maximum atomic E-state index is 3.48. The van der Waals surface area contributed by atoms with Gasteiger partial charge in [0, 0.05) is 28.7 Å². The molecule has 0 aliphatic rings. The van der Waals surface area contributed by atoms with E-state index in [1.165, 1.54) is 20.5 Å². The van der Waals surface area contributed by atoms with Crippen LogP contribution in [-0.2, 0) is 13.1 Å². The standard InChI is InChI=1S/C18H28N2S/c1-6-19-11-18-16(12-20(5)14(4)13(2)3)15-9-7-8-10-17(15)21-18/h7-10,13-14,19H,6,11-12H2,1-5H3. The fraction of sp³-hybridized carbons (Fsp3) is 0.556. The lowest BCUT2D eigenvalue weighted by atomic mass is 10.0. The molecule has 1 atom stereocenters. The van der Waals surface area contributed by atoms with Crippen LogP contribution < -0.4 is 5.32 Å². The normalized spacial score (nSPS) is 13.5. The van der Waals surface area contributed by atoms with Crippen molar-refractivity contribution in [1.82, 2.24) is 10.2 Å². The van der Waals surface area contributed by atoms with Gasteiger partial charge in [-0.15, -0.1) is 11.3 Å². The van der Waals surface area contributed by atoms with Crippen molar-refractivity contribution < 1.29 is 0 Å². The summed E-state index contributed by atoms with van der Waals surface area (Å²) in [5.41, 5.74) is 1.51. The van der Waals surface area contributed by atoms with Crippen LogP contribution in [0.25, 0.3) is 10.1 Å². The van der Waals surface area contributed by atoms with Gasteiger partial charge in [0.05, 0.1) is 0 Å². The highest BCUT2D eigenvalue weighted by Gasteiger charge is 2.18. The fourth-order valence-electron chi connectivity index (χ4n) is 2.61. The van der Waals surface area contributed by atoms with Gasteiger partial charge in [-0.3, -0.25) is 4.90 Å². The lowest BCUT2D eigenvalue weighted by molar-refractivity contribution is 0.201. The quantitative estimate of drug-likeness (QED) is 0.811. The Morgan fingerprint density at radius 1 is 1.19 bits per heavy atom. The van der Waals surface area contributed by atoms with Gasteiger partial charge < -0.3 is 5.32 Å². The van der Waals surface area contributed by atoms with Crippen LogP contribution >= 0.6 is 11.3 Å². The van der Waals surface area contributed by atoms with Crippen LogP contribution in [0, 0.1) is 5.92 Å². The second-order valence-corrected chi connectivity index (χ2v) is 7.32. The van der Waals surface area contributed by atoms with Gasteiger partial charge in [0.25, 0.3) is 0 Å². The van der Waals surface area contributed by atoms with Gasteiger partial charge in [-0.2, -0.15) is 0 Å². The Morgan fingerprint density at radius 3 is 2.57 bits per heavy atom. The lowest BCUT2D eigenvalue weighted by Gasteiger charge is -2.28. The second-order valence-electron chi connectivity index (χ2n) is 6.18. The Morgan fingerprint density at radius 2 is 1.90 bits per heavy atom. The highest BCUT2D eigenvalue weighted by atomic mass is 32.1. The Kier molecular flexibility index (Phi) is 5.80. The molecule has 2 rings (SSSR count). The molecule has 1 unspecified atom stereocenters. The van der Waals surface area contributed by atoms with Crippen LogP contribution in [0.3, 0.4) is 0 Å². The molecule has 1 N–H and O–H groups in total. The number of thiophene rings is 1. The summed E-state index contributed by atoms with van der Waals surface area (Å²) in [7, 11) is 2.24. The first-order chi connectivity index (χ1) is 10.0. The number of nitrogens with one attached hydrogen (secondary N) is 1. The largest absolute Gasteiger partial charge is 0.312 e. The van der Waals surface area contributed by atoms with E-state index in [1.54, 1.807) is 0 Å². The summed E-state index contributed by atoms with van der Waals surface area (Å²) < 4.78 is 1.41. The van der Waals surface area contributed by atoms with Gasteiger partial charge in [-0.05, 0) is 43.5 Å². The minimum absolute atomic E-state index is 0.593. The molecule has 0 saturated carbocycles. The average molecular weight is 305 g/mol. The van der Waals surface area contributed by atoms with Crippen molar-refractivity contribution in [3.8, 4) is 0 Å². The first-order valence-electron chi connectivity index (χ1n) is 7.94. The molecule has 0 fully saturated rings. The molecule has 0 saturated heterocycles. The Bertz CT molecular complexity index is 574. The molecule has 0 aliphatic carbocycles. The average Bonchev–Trinajstić information content (AvgIpc) is 2.82. The number of hydrogen-bond donors (Lipinski definition) is 1. The van der Waals surface area contributed by atoms with Crippen LogP contribution in [0.2, 0.25) is 0 Å². The van der Waals surface area contributed by atoms with E-state index in [0.717, 1.165) is 19.6 Å². The van der Waals surface area contributed by atoms with Crippen molar-refractivity contribution in [2.45, 2.75) is 46.8 Å². The molecule has 0 bridgehead atoms. The number of benzene rings is 1. The van der Waals surface area contributed by atoms with Crippen molar-refractivity contribution in [1.29, 1.82) is 0 Å². The van der Waals surface area contributed by atoms with Gasteiger partial charge in [0.15, 0.2) is 0 Å². The molecule has 21 heavy (non-hydrogen) atoms. The van der Waals surface area contributed by atoms with Gasteiger partial charge in [0.1, 0.15) is 0 Å². The molecule has 0 spiro atoms. The van der Waals surface area contributed by atoms with Crippen molar-refractivity contribution in [2.24, 2.45) is 5.92 Å². The molecule has 116 valence electrons. The summed E-state index contributed by atoms with van der Waals surface area (Å²) >= 11 is 1.94. The molecule has 1 aromatic heterocycles. The third-order valence-corrected chi connectivity index (χ3v) is 5.60. The van der Waals surface area contributed by atoms with Crippen LogP contribution in [0.5, 0.6) is 0 Å². The summed E-state index contributed by atoms with van der Waals surface area (Å²) in [4.78, 5) is 3.97. The first-order valence-corrected chi connectivity index (χ1v) is 8.76. The van der Waals surface area contributed by atoms with Crippen LogP contribution in [0.4, 0.5) is 0 Å². The van der Waals surface area contributed by atoms with Gasteiger partial charge in [-0.25, -0.2) is 0 Å². The van der Waals surface area contributed by atoms with E-state index in [4.69, 9.17) is 0 Å². The predicted molar refractivity (Wildman–Crippen MR) is 95.0 cm³/mol. The van der Waals surface area contributed by atoms with Crippen LogP contribution in [0.15, 0.2) is 24.3 Å². The van der Waals surface area contributed by atoms with E-state index in [0.29, 0.717) is 12.0 Å². The van der Waals surface area contributed by atoms with E-state index in [-0.39, 0.29) is 0 Å². The SMILES string of the molecule is CCNCc1sc2ccccc2c1CN(C)C(C)C(C)C. The first kappa shape index (κ1) is 16.5. The second kappa shape index (κ2) is 7.39. The summed E-state index contributed by atoms with van der Waals surface area (Å²) in [6.45, 7) is 12.1. The van der Waals surface area contributed by atoms with E-state index in [1.807, 2.05) is 11.3 Å². The van der Waals surface area contributed by atoms with Gasteiger partial charge >= 0.3 is 0 Å². The Balaban J connectivity index is 2.31. The third kappa shape index (κ3) is 3.85. The topological polar surface area (TPSA) is 15.3 Å². The molecular weight excluding hydrogens is 276 g/mol. The van der Waals surface area contributed by atoms with Crippen molar-refractivity contribution in [3.05, 3.63) is 34.7 Å².